The number of benzene rings is 2. The standard InChI is InChI=1S/C20H23N3O3/c24-19(8-4-15-26-18-6-2-1-3-7-18)22-16-9-11-17(12-10-16)23-14-5-13-21-20(23)25/h1-3,6-7,9-12H,4-5,8,13-15H2,(H,21,25)(H,22,24). The summed E-state index contributed by atoms with van der Waals surface area (Å²) in [4.78, 5) is 25.6. The van der Waals surface area contributed by atoms with E-state index in [-0.39, 0.29) is 11.9 Å². The number of urea groups is 1. The molecule has 0 saturated carbocycles. The summed E-state index contributed by atoms with van der Waals surface area (Å²) in [5, 5.41) is 5.69. The molecule has 1 aliphatic rings. The number of nitrogens with zero attached hydrogens (tertiary/aromatic N) is 1. The first-order chi connectivity index (χ1) is 12.7. The Morgan fingerprint density at radius 3 is 2.62 bits per heavy atom. The van der Waals surface area contributed by atoms with Gasteiger partial charge in [0.15, 0.2) is 0 Å². The maximum Gasteiger partial charge on any atom is 0.321 e. The van der Waals surface area contributed by atoms with Crippen LogP contribution in [-0.4, -0.2) is 31.6 Å². The van der Waals surface area contributed by atoms with E-state index >= 15 is 0 Å². The molecule has 2 aromatic rings. The van der Waals surface area contributed by atoms with Crippen molar-refractivity contribution < 1.29 is 14.3 Å². The van der Waals surface area contributed by atoms with Gasteiger partial charge in [-0.3, -0.25) is 9.69 Å². The first-order valence-electron chi connectivity index (χ1n) is 8.85. The highest BCUT2D eigenvalue weighted by atomic mass is 16.5. The molecule has 3 rings (SSSR count). The van der Waals surface area contributed by atoms with Crippen molar-refractivity contribution in [1.82, 2.24) is 5.32 Å². The van der Waals surface area contributed by atoms with Gasteiger partial charge >= 0.3 is 6.03 Å². The highest BCUT2D eigenvalue weighted by Gasteiger charge is 2.18. The summed E-state index contributed by atoms with van der Waals surface area (Å²) in [5.41, 5.74) is 1.55. The smallest absolute Gasteiger partial charge is 0.321 e. The molecule has 2 aromatic carbocycles. The van der Waals surface area contributed by atoms with Gasteiger partial charge in [0, 0.05) is 30.9 Å². The maximum absolute atomic E-state index is 12.0. The van der Waals surface area contributed by atoms with Crippen molar-refractivity contribution in [1.29, 1.82) is 0 Å². The average molecular weight is 353 g/mol. The van der Waals surface area contributed by atoms with E-state index < -0.39 is 0 Å². The van der Waals surface area contributed by atoms with Gasteiger partial charge in [0.1, 0.15) is 5.75 Å². The number of carbonyl (C=O) groups is 2. The topological polar surface area (TPSA) is 70.7 Å². The molecule has 136 valence electrons. The molecule has 1 saturated heterocycles. The number of para-hydroxylation sites is 1. The summed E-state index contributed by atoms with van der Waals surface area (Å²) in [6.45, 7) is 1.93. The minimum absolute atomic E-state index is 0.0508. The van der Waals surface area contributed by atoms with E-state index in [1.165, 1.54) is 0 Å². The number of anilines is 2. The van der Waals surface area contributed by atoms with Crippen molar-refractivity contribution in [3.63, 3.8) is 0 Å². The van der Waals surface area contributed by atoms with Crippen molar-refractivity contribution in [3.05, 3.63) is 54.6 Å². The van der Waals surface area contributed by atoms with Gasteiger partial charge in [-0.1, -0.05) is 18.2 Å². The summed E-state index contributed by atoms with van der Waals surface area (Å²) < 4.78 is 5.58. The average Bonchev–Trinajstić information content (AvgIpc) is 2.67. The zero-order valence-corrected chi connectivity index (χ0v) is 14.6. The van der Waals surface area contributed by atoms with Gasteiger partial charge < -0.3 is 15.4 Å². The Bertz CT molecular complexity index is 732. The summed E-state index contributed by atoms with van der Waals surface area (Å²) >= 11 is 0. The zero-order chi connectivity index (χ0) is 18.2. The molecule has 0 aromatic heterocycles. The van der Waals surface area contributed by atoms with Gasteiger partial charge in [0.2, 0.25) is 5.91 Å². The van der Waals surface area contributed by atoms with Crippen LogP contribution in [0.25, 0.3) is 0 Å². The van der Waals surface area contributed by atoms with Crippen LogP contribution in [0.3, 0.4) is 0 Å². The molecule has 0 radical (unpaired) electrons. The molecule has 6 heteroatoms. The lowest BCUT2D eigenvalue weighted by Crippen LogP contribution is -2.46. The van der Waals surface area contributed by atoms with Crippen LogP contribution in [0.5, 0.6) is 5.75 Å². The SMILES string of the molecule is O=C(CCCOc1ccccc1)Nc1ccc(N2CCCNC2=O)cc1. The van der Waals surface area contributed by atoms with Gasteiger partial charge in [0.25, 0.3) is 0 Å². The van der Waals surface area contributed by atoms with Crippen molar-refractivity contribution in [2.75, 3.05) is 29.9 Å². The summed E-state index contributed by atoms with van der Waals surface area (Å²) in [6, 6.07) is 16.8. The molecule has 0 spiro atoms. The molecule has 0 atom stereocenters. The second kappa shape index (κ2) is 8.89. The van der Waals surface area contributed by atoms with E-state index in [4.69, 9.17) is 4.74 Å². The molecule has 1 fully saturated rings. The fourth-order valence-corrected chi connectivity index (χ4v) is 2.76. The fourth-order valence-electron chi connectivity index (χ4n) is 2.76. The van der Waals surface area contributed by atoms with Crippen molar-refractivity contribution >= 4 is 23.3 Å². The summed E-state index contributed by atoms with van der Waals surface area (Å²) in [6.07, 6.45) is 1.96. The van der Waals surface area contributed by atoms with Crippen LogP contribution in [0.1, 0.15) is 19.3 Å². The Morgan fingerprint density at radius 2 is 1.88 bits per heavy atom. The van der Waals surface area contributed by atoms with Gasteiger partial charge in [-0.05, 0) is 49.2 Å². The number of hydrogen-bond acceptors (Lipinski definition) is 3. The van der Waals surface area contributed by atoms with Crippen LogP contribution in [0.4, 0.5) is 16.2 Å². The summed E-state index contributed by atoms with van der Waals surface area (Å²) in [5.74, 6) is 0.760. The normalized spacial score (nSPS) is 13.8. The Morgan fingerprint density at radius 1 is 1.12 bits per heavy atom. The zero-order valence-electron chi connectivity index (χ0n) is 14.6. The minimum atomic E-state index is -0.0774. The molecule has 2 N–H and O–H groups in total. The molecule has 6 nitrogen and oxygen atoms in total. The highest BCUT2D eigenvalue weighted by Crippen LogP contribution is 2.20. The van der Waals surface area contributed by atoms with Gasteiger partial charge in [-0.15, -0.1) is 0 Å². The van der Waals surface area contributed by atoms with Gasteiger partial charge in [0.05, 0.1) is 6.61 Å². The lowest BCUT2D eigenvalue weighted by atomic mass is 10.2. The molecule has 3 amide bonds. The second-order valence-corrected chi connectivity index (χ2v) is 6.10. The van der Waals surface area contributed by atoms with E-state index in [1.807, 2.05) is 54.6 Å². The summed E-state index contributed by atoms with van der Waals surface area (Å²) in [7, 11) is 0. The Hall–Kier alpha value is -3.02. The van der Waals surface area contributed by atoms with E-state index in [0.717, 1.165) is 30.1 Å². The van der Waals surface area contributed by atoms with Crippen LogP contribution in [-0.2, 0) is 4.79 Å². The Kier molecular flexibility index (Phi) is 6.09. The number of carbonyl (C=O) groups excluding carboxylic acids is 2. The Balaban J connectivity index is 1.42. The number of hydrogen-bond donors (Lipinski definition) is 2. The van der Waals surface area contributed by atoms with Gasteiger partial charge in [-0.25, -0.2) is 4.79 Å². The number of amides is 3. The first-order valence-corrected chi connectivity index (χ1v) is 8.85. The number of nitrogens with one attached hydrogen (secondary N) is 2. The van der Waals surface area contributed by atoms with Crippen molar-refractivity contribution in [2.24, 2.45) is 0 Å². The van der Waals surface area contributed by atoms with Crippen molar-refractivity contribution in [3.8, 4) is 5.75 Å². The van der Waals surface area contributed by atoms with Crippen LogP contribution in [0.15, 0.2) is 54.6 Å². The fraction of sp³-hybridized carbons (Fsp3) is 0.300. The predicted octanol–water partition coefficient (Wildman–Crippen LogP) is 3.40. The minimum Gasteiger partial charge on any atom is -0.494 e. The number of ether oxygens (including phenoxy) is 1. The monoisotopic (exact) mass is 353 g/mol. The van der Waals surface area contributed by atoms with Crippen LogP contribution in [0.2, 0.25) is 0 Å². The van der Waals surface area contributed by atoms with Crippen LogP contribution in [0, 0.1) is 0 Å². The van der Waals surface area contributed by atoms with Gasteiger partial charge in [-0.2, -0.15) is 0 Å². The highest BCUT2D eigenvalue weighted by molar-refractivity contribution is 5.94. The van der Waals surface area contributed by atoms with E-state index in [1.54, 1.807) is 4.90 Å². The molecule has 26 heavy (non-hydrogen) atoms. The third-order valence-corrected chi connectivity index (χ3v) is 4.10. The second-order valence-electron chi connectivity index (χ2n) is 6.10. The third kappa shape index (κ3) is 4.99. The third-order valence-electron chi connectivity index (χ3n) is 4.10. The van der Waals surface area contributed by atoms with Crippen LogP contribution >= 0.6 is 0 Å². The quantitative estimate of drug-likeness (QED) is 0.750. The molecule has 0 aliphatic carbocycles. The largest absolute Gasteiger partial charge is 0.494 e. The molecule has 0 unspecified atom stereocenters. The van der Waals surface area contributed by atoms with Crippen molar-refractivity contribution in [2.45, 2.75) is 19.3 Å². The predicted molar refractivity (Wildman–Crippen MR) is 102 cm³/mol. The maximum atomic E-state index is 12.0. The number of rotatable bonds is 7. The molecule has 1 aliphatic heterocycles. The van der Waals surface area contributed by atoms with E-state index in [9.17, 15) is 9.59 Å². The van der Waals surface area contributed by atoms with Crippen LogP contribution < -0.4 is 20.3 Å². The molecular formula is C20H23N3O3. The lowest BCUT2D eigenvalue weighted by molar-refractivity contribution is -0.116. The molecule has 1 heterocycles. The molecule has 0 bridgehead atoms. The molecular weight excluding hydrogens is 330 g/mol. The lowest BCUT2D eigenvalue weighted by Gasteiger charge is -2.27. The first kappa shape index (κ1) is 17.8. The van der Waals surface area contributed by atoms with E-state index in [0.29, 0.717) is 26.0 Å². The Labute approximate surface area is 153 Å². The van der Waals surface area contributed by atoms with E-state index in [2.05, 4.69) is 10.6 Å².